The largest absolute Gasteiger partial charge is 0.452 e. The molecule has 1 aromatic heterocycles. The van der Waals surface area contributed by atoms with Crippen LogP contribution in [0.5, 0.6) is 0 Å². The molecule has 170 valence electrons. The first kappa shape index (κ1) is 22.6. The Morgan fingerprint density at radius 3 is 2.36 bits per heavy atom. The Morgan fingerprint density at radius 2 is 1.61 bits per heavy atom. The summed E-state index contributed by atoms with van der Waals surface area (Å²) in [4.78, 5) is 30.6. The molecular formula is C24H23N3O5S. The number of carbonyl (C=O) groups is 2. The summed E-state index contributed by atoms with van der Waals surface area (Å²) in [6, 6.07) is 19.5. The summed E-state index contributed by atoms with van der Waals surface area (Å²) in [6.45, 7) is 0.438. The van der Waals surface area contributed by atoms with Crippen molar-refractivity contribution in [1.29, 1.82) is 0 Å². The van der Waals surface area contributed by atoms with Gasteiger partial charge in [-0.15, -0.1) is 0 Å². The van der Waals surface area contributed by atoms with Crippen molar-refractivity contribution in [1.82, 2.24) is 14.2 Å². The zero-order valence-electron chi connectivity index (χ0n) is 17.8. The van der Waals surface area contributed by atoms with Gasteiger partial charge in [-0.2, -0.15) is 4.31 Å². The SMILES string of the molecule is O=C(C=Cc1ccc2ccccc2n1)OCC(=O)N1CCN(S(=O)(=O)c2ccccc2)CC1. The minimum Gasteiger partial charge on any atom is -0.452 e. The second-order valence-electron chi connectivity index (χ2n) is 7.47. The number of fused-ring (bicyclic) bond motifs is 1. The lowest BCUT2D eigenvalue weighted by Crippen LogP contribution is -2.51. The van der Waals surface area contributed by atoms with Gasteiger partial charge in [0.25, 0.3) is 5.91 Å². The van der Waals surface area contributed by atoms with Crippen molar-refractivity contribution >= 4 is 38.9 Å². The minimum atomic E-state index is -3.59. The third kappa shape index (κ3) is 5.44. The second kappa shape index (κ2) is 9.93. The highest BCUT2D eigenvalue weighted by Crippen LogP contribution is 2.17. The molecule has 0 atom stereocenters. The van der Waals surface area contributed by atoms with Crippen molar-refractivity contribution < 1.29 is 22.7 Å². The zero-order valence-corrected chi connectivity index (χ0v) is 18.6. The van der Waals surface area contributed by atoms with Crippen LogP contribution in [-0.4, -0.2) is 67.3 Å². The molecule has 2 aromatic carbocycles. The van der Waals surface area contributed by atoms with Crippen LogP contribution >= 0.6 is 0 Å². The second-order valence-corrected chi connectivity index (χ2v) is 9.41. The Hall–Kier alpha value is -3.56. The van der Waals surface area contributed by atoms with E-state index < -0.39 is 22.6 Å². The van der Waals surface area contributed by atoms with Gasteiger partial charge in [0.2, 0.25) is 10.0 Å². The molecule has 9 heteroatoms. The van der Waals surface area contributed by atoms with Crippen LogP contribution in [0.4, 0.5) is 0 Å². The zero-order chi connectivity index (χ0) is 23.3. The van der Waals surface area contributed by atoms with Crippen LogP contribution in [0.3, 0.4) is 0 Å². The summed E-state index contributed by atoms with van der Waals surface area (Å²) in [5.41, 5.74) is 1.42. The highest BCUT2D eigenvalue weighted by molar-refractivity contribution is 7.89. The van der Waals surface area contributed by atoms with Gasteiger partial charge in [-0.1, -0.05) is 42.5 Å². The number of nitrogens with zero attached hydrogens (tertiary/aromatic N) is 3. The van der Waals surface area contributed by atoms with E-state index in [1.807, 2.05) is 30.3 Å². The Balaban J connectivity index is 1.26. The molecule has 0 spiro atoms. The van der Waals surface area contributed by atoms with Crippen LogP contribution in [0.2, 0.25) is 0 Å². The Bertz CT molecular complexity index is 1280. The summed E-state index contributed by atoms with van der Waals surface area (Å²) < 4.78 is 31.8. The summed E-state index contributed by atoms with van der Waals surface area (Å²) in [5, 5.41) is 1.000. The van der Waals surface area contributed by atoms with Crippen LogP contribution in [0.15, 0.2) is 77.7 Å². The van der Waals surface area contributed by atoms with Gasteiger partial charge >= 0.3 is 5.97 Å². The quantitative estimate of drug-likeness (QED) is 0.410. The minimum absolute atomic E-state index is 0.185. The van der Waals surface area contributed by atoms with Gasteiger partial charge in [0, 0.05) is 37.6 Å². The van der Waals surface area contributed by atoms with Crippen molar-refractivity contribution in [3.05, 3.63) is 78.5 Å². The number of hydrogen-bond acceptors (Lipinski definition) is 6. The Labute approximate surface area is 192 Å². The predicted molar refractivity (Wildman–Crippen MR) is 124 cm³/mol. The van der Waals surface area contributed by atoms with E-state index in [-0.39, 0.29) is 37.0 Å². The van der Waals surface area contributed by atoms with E-state index in [9.17, 15) is 18.0 Å². The fourth-order valence-corrected chi connectivity index (χ4v) is 4.96. The number of piperazine rings is 1. The summed E-state index contributed by atoms with van der Waals surface area (Å²) >= 11 is 0. The highest BCUT2D eigenvalue weighted by Gasteiger charge is 2.30. The Morgan fingerprint density at radius 1 is 0.909 bits per heavy atom. The number of ether oxygens (including phenoxy) is 1. The van der Waals surface area contributed by atoms with Crippen molar-refractivity contribution in [3.8, 4) is 0 Å². The number of carbonyl (C=O) groups excluding carboxylic acids is 2. The van der Waals surface area contributed by atoms with Crippen LogP contribution < -0.4 is 0 Å². The van der Waals surface area contributed by atoms with Crippen molar-refractivity contribution in [2.45, 2.75) is 4.90 Å². The maximum absolute atomic E-state index is 12.7. The van der Waals surface area contributed by atoms with E-state index >= 15 is 0 Å². The molecule has 0 unspecified atom stereocenters. The monoisotopic (exact) mass is 465 g/mol. The fourth-order valence-electron chi connectivity index (χ4n) is 3.52. The molecule has 8 nitrogen and oxygen atoms in total. The first-order valence-corrected chi connectivity index (χ1v) is 11.9. The molecule has 0 bridgehead atoms. The van der Waals surface area contributed by atoms with Gasteiger partial charge in [-0.05, 0) is 30.3 Å². The standard InChI is InChI=1S/C24H23N3O5S/c28-23(26-14-16-27(17-15-26)33(30,31)21-7-2-1-3-8-21)18-32-24(29)13-12-20-11-10-19-6-4-5-9-22(19)25-20/h1-13H,14-18H2. The number of esters is 1. The Kier molecular flexibility index (Phi) is 6.81. The average molecular weight is 466 g/mol. The summed E-state index contributed by atoms with van der Waals surface area (Å²) in [5.74, 6) is -1.01. The molecular weight excluding hydrogens is 442 g/mol. The molecule has 0 N–H and O–H groups in total. The summed E-state index contributed by atoms with van der Waals surface area (Å²) in [7, 11) is -3.59. The lowest BCUT2D eigenvalue weighted by atomic mass is 10.2. The molecule has 1 aliphatic rings. The molecule has 4 rings (SSSR count). The molecule has 1 amide bonds. The molecule has 33 heavy (non-hydrogen) atoms. The predicted octanol–water partition coefficient (Wildman–Crippen LogP) is 2.32. The third-order valence-electron chi connectivity index (χ3n) is 5.32. The van der Waals surface area contributed by atoms with Crippen LogP contribution in [0.25, 0.3) is 17.0 Å². The van der Waals surface area contributed by atoms with Gasteiger partial charge in [0.1, 0.15) is 0 Å². The van der Waals surface area contributed by atoms with Crippen molar-refractivity contribution in [3.63, 3.8) is 0 Å². The van der Waals surface area contributed by atoms with E-state index in [1.165, 1.54) is 21.4 Å². The van der Waals surface area contributed by atoms with Crippen molar-refractivity contribution in [2.75, 3.05) is 32.8 Å². The van der Waals surface area contributed by atoms with Crippen LogP contribution in [0.1, 0.15) is 5.69 Å². The van der Waals surface area contributed by atoms with Gasteiger partial charge in [0.15, 0.2) is 6.61 Å². The maximum atomic E-state index is 12.7. The van der Waals surface area contributed by atoms with Crippen LogP contribution in [0, 0.1) is 0 Å². The lowest BCUT2D eigenvalue weighted by molar-refractivity contribution is -0.148. The van der Waals surface area contributed by atoms with Gasteiger partial charge in [0.05, 0.1) is 16.1 Å². The van der Waals surface area contributed by atoms with E-state index in [2.05, 4.69) is 4.98 Å². The molecule has 0 aliphatic carbocycles. The number of aromatic nitrogens is 1. The molecule has 1 fully saturated rings. The molecule has 1 aliphatic heterocycles. The number of benzene rings is 2. The molecule has 1 saturated heterocycles. The fraction of sp³-hybridized carbons (Fsp3) is 0.208. The van der Waals surface area contributed by atoms with E-state index in [4.69, 9.17) is 4.74 Å². The number of hydrogen-bond donors (Lipinski definition) is 0. The third-order valence-corrected chi connectivity index (χ3v) is 7.23. The summed E-state index contributed by atoms with van der Waals surface area (Å²) in [6.07, 6.45) is 2.77. The average Bonchev–Trinajstić information content (AvgIpc) is 2.86. The first-order valence-electron chi connectivity index (χ1n) is 10.5. The number of sulfonamides is 1. The lowest BCUT2D eigenvalue weighted by Gasteiger charge is -2.33. The molecule has 0 radical (unpaired) electrons. The number of para-hydroxylation sites is 1. The maximum Gasteiger partial charge on any atom is 0.331 e. The smallest absolute Gasteiger partial charge is 0.331 e. The first-order chi connectivity index (χ1) is 15.9. The number of amides is 1. The van der Waals surface area contributed by atoms with Crippen LogP contribution in [-0.2, 0) is 24.3 Å². The highest BCUT2D eigenvalue weighted by atomic mass is 32.2. The number of rotatable bonds is 6. The van der Waals surface area contributed by atoms with Crippen molar-refractivity contribution in [2.24, 2.45) is 0 Å². The molecule has 3 aromatic rings. The van der Waals surface area contributed by atoms with Gasteiger partial charge in [-0.25, -0.2) is 18.2 Å². The van der Waals surface area contributed by atoms with E-state index in [0.717, 1.165) is 10.9 Å². The normalized spacial score (nSPS) is 15.1. The number of pyridine rings is 1. The molecule has 2 heterocycles. The molecule has 0 saturated carbocycles. The topological polar surface area (TPSA) is 96.9 Å². The van der Waals surface area contributed by atoms with Gasteiger partial charge < -0.3 is 9.64 Å². The van der Waals surface area contributed by atoms with E-state index in [0.29, 0.717) is 5.69 Å². The van der Waals surface area contributed by atoms with Gasteiger partial charge in [-0.3, -0.25) is 4.79 Å². The van der Waals surface area contributed by atoms with E-state index in [1.54, 1.807) is 36.4 Å².